The van der Waals surface area contributed by atoms with Gasteiger partial charge < -0.3 is 10.0 Å². The summed E-state index contributed by atoms with van der Waals surface area (Å²) >= 11 is 0. The molecule has 0 radical (unpaired) electrons. The Hall–Kier alpha value is -2.57. The molecular weight excluding hydrogens is 310 g/mol. The molecule has 2 aromatic rings. The molecule has 1 fully saturated rings. The Balaban J connectivity index is 1.72. The second kappa shape index (κ2) is 6.51. The molecule has 1 N–H and O–H groups in total. The van der Waals surface area contributed by atoms with Crippen molar-refractivity contribution in [3.8, 4) is 0 Å². The van der Waals surface area contributed by atoms with Crippen LogP contribution in [0.4, 0.5) is 0 Å². The minimum Gasteiger partial charge on any atom is -0.481 e. The lowest BCUT2D eigenvalue weighted by Crippen LogP contribution is -2.41. The van der Waals surface area contributed by atoms with Gasteiger partial charge in [0.15, 0.2) is 0 Å². The van der Waals surface area contributed by atoms with Crippen molar-refractivity contribution in [1.82, 2.24) is 14.0 Å². The predicted octanol–water partition coefficient (Wildman–Crippen LogP) is 1.05. The number of likely N-dealkylation sites (tertiary alicyclic amines) is 1. The maximum absolute atomic E-state index is 12.5. The lowest BCUT2D eigenvalue weighted by atomic mass is 9.93. The van der Waals surface area contributed by atoms with Gasteiger partial charge in [0.05, 0.1) is 11.0 Å². The van der Waals surface area contributed by atoms with Crippen molar-refractivity contribution in [3.63, 3.8) is 0 Å². The molecule has 2 heterocycles. The zero-order valence-corrected chi connectivity index (χ0v) is 13.6. The third-order valence-corrected chi connectivity index (χ3v) is 4.78. The van der Waals surface area contributed by atoms with Crippen LogP contribution in [-0.4, -0.2) is 44.1 Å². The van der Waals surface area contributed by atoms with Crippen molar-refractivity contribution in [2.24, 2.45) is 13.0 Å². The molecule has 1 aliphatic rings. The van der Waals surface area contributed by atoms with Crippen LogP contribution in [0.25, 0.3) is 11.0 Å². The zero-order valence-electron chi connectivity index (χ0n) is 13.6. The smallest absolute Gasteiger partial charge is 0.329 e. The Morgan fingerprint density at radius 2 is 1.79 bits per heavy atom. The molecule has 0 atom stereocenters. The van der Waals surface area contributed by atoms with Crippen molar-refractivity contribution in [3.05, 3.63) is 34.7 Å². The van der Waals surface area contributed by atoms with Crippen LogP contribution in [0, 0.1) is 5.92 Å². The average molecular weight is 331 g/mol. The number of carboxylic acid groups (broad SMARTS) is 1. The molecule has 0 saturated carbocycles. The Kier molecular flexibility index (Phi) is 4.42. The summed E-state index contributed by atoms with van der Waals surface area (Å²) in [7, 11) is 1.70. The van der Waals surface area contributed by atoms with E-state index in [-0.39, 0.29) is 30.5 Å². The van der Waals surface area contributed by atoms with Crippen LogP contribution in [0.2, 0.25) is 0 Å². The van der Waals surface area contributed by atoms with Gasteiger partial charge in [-0.25, -0.2) is 4.79 Å². The highest BCUT2D eigenvalue weighted by atomic mass is 16.4. The normalized spacial score (nSPS) is 15.8. The molecule has 7 nitrogen and oxygen atoms in total. The van der Waals surface area contributed by atoms with Crippen LogP contribution in [0.5, 0.6) is 0 Å². The van der Waals surface area contributed by atoms with E-state index in [4.69, 9.17) is 5.11 Å². The fraction of sp³-hybridized carbons (Fsp3) is 0.471. The lowest BCUT2D eigenvalue weighted by molar-refractivity contribution is -0.138. The summed E-state index contributed by atoms with van der Waals surface area (Å²) in [4.78, 5) is 37.4. The van der Waals surface area contributed by atoms with Gasteiger partial charge in [-0.15, -0.1) is 0 Å². The number of carboxylic acids is 1. The second-order valence-electron chi connectivity index (χ2n) is 6.34. The minimum absolute atomic E-state index is 0.0176. The van der Waals surface area contributed by atoms with E-state index >= 15 is 0 Å². The van der Waals surface area contributed by atoms with Crippen LogP contribution in [0.3, 0.4) is 0 Å². The topological polar surface area (TPSA) is 84.5 Å². The number of para-hydroxylation sites is 2. The fourth-order valence-corrected chi connectivity index (χ4v) is 3.38. The molecule has 1 amide bonds. The lowest BCUT2D eigenvalue weighted by Gasteiger charge is -2.31. The standard InChI is InChI=1S/C17H21N3O4/c1-18-13-4-2-3-5-14(13)20(17(18)24)11-15(21)19-8-6-12(7-9-19)10-16(22)23/h2-5,12H,6-11H2,1H3,(H,22,23). The molecule has 0 aliphatic carbocycles. The fourth-order valence-electron chi connectivity index (χ4n) is 3.38. The van der Waals surface area contributed by atoms with E-state index in [1.54, 1.807) is 16.5 Å². The molecule has 1 aliphatic heterocycles. The number of amides is 1. The molecule has 1 aromatic heterocycles. The largest absolute Gasteiger partial charge is 0.481 e. The van der Waals surface area contributed by atoms with E-state index in [0.29, 0.717) is 25.9 Å². The number of nitrogens with zero attached hydrogens (tertiary/aromatic N) is 3. The first-order valence-corrected chi connectivity index (χ1v) is 8.11. The van der Waals surface area contributed by atoms with Crippen LogP contribution in [0.1, 0.15) is 19.3 Å². The van der Waals surface area contributed by atoms with E-state index in [1.165, 1.54) is 4.57 Å². The average Bonchev–Trinajstić information content (AvgIpc) is 2.80. The Bertz CT molecular complexity index is 828. The number of aryl methyl sites for hydroxylation is 1. The SMILES string of the molecule is Cn1c(=O)n(CC(=O)N2CCC(CC(=O)O)CC2)c2ccccc21. The number of piperidine rings is 1. The summed E-state index contributed by atoms with van der Waals surface area (Å²) in [6, 6.07) is 7.40. The number of carbonyl (C=O) groups is 2. The number of fused-ring (bicyclic) bond motifs is 1. The number of carbonyl (C=O) groups excluding carboxylic acids is 1. The molecule has 1 aromatic carbocycles. The third kappa shape index (κ3) is 3.06. The predicted molar refractivity (Wildman–Crippen MR) is 88.7 cm³/mol. The third-order valence-electron chi connectivity index (χ3n) is 4.78. The zero-order chi connectivity index (χ0) is 17.3. The molecular formula is C17H21N3O4. The van der Waals surface area contributed by atoms with E-state index in [2.05, 4.69) is 0 Å². The minimum atomic E-state index is -0.790. The first-order chi connectivity index (χ1) is 11.5. The number of hydrogen-bond acceptors (Lipinski definition) is 3. The highest BCUT2D eigenvalue weighted by Crippen LogP contribution is 2.21. The van der Waals surface area contributed by atoms with Crippen molar-refractivity contribution >= 4 is 22.9 Å². The van der Waals surface area contributed by atoms with Crippen molar-refractivity contribution < 1.29 is 14.7 Å². The number of imidazole rings is 1. The van der Waals surface area contributed by atoms with Gasteiger partial charge in [0.2, 0.25) is 5.91 Å². The summed E-state index contributed by atoms with van der Waals surface area (Å²) in [5.74, 6) is -0.754. The van der Waals surface area contributed by atoms with Crippen LogP contribution in [-0.2, 0) is 23.2 Å². The van der Waals surface area contributed by atoms with E-state index in [0.717, 1.165) is 11.0 Å². The van der Waals surface area contributed by atoms with E-state index < -0.39 is 5.97 Å². The Morgan fingerprint density at radius 3 is 2.42 bits per heavy atom. The highest BCUT2D eigenvalue weighted by molar-refractivity contribution is 5.81. The molecule has 3 rings (SSSR count). The first kappa shape index (κ1) is 16.3. The molecule has 0 unspecified atom stereocenters. The van der Waals surface area contributed by atoms with Crippen molar-refractivity contribution in [1.29, 1.82) is 0 Å². The Labute approximate surface area is 139 Å². The highest BCUT2D eigenvalue weighted by Gasteiger charge is 2.25. The summed E-state index contributed by atoms with van der Waals surface area (Å²) < 4.78 is 3.04. The maximum atomic E-state index is 12.5. The van der Waals surface area contributed by atoms with Gasteiger partial charge in [0, 0.05) is 26.6 Å². The monoisotopic (exact) mass is 331 g/mol. The molecule has 24 heavy (non-hydrogen) atoms. The number of aromatic nitrogens is 2. The van der Waals surface area contributed by atoms with Gasteiger partial charge in [0.25, 0.3) is 0 Å². The van der Waals surface area contributed by atoms with Crippen LogP contribution >= 0.6 is 0 Å². The van der Waals surface area contributed by atoms with E-state index in [9.17, 15) is 14.4 Å². The molecule has 7 heteroatoms. The number of hydrogen-bond donors (Lipinski definition) is 1. The number of benzene rings is 1. The first-order valence-electron chi connectivity index (χ1n) is 8.11. The number of aliphatic carboxylic acids is 1. The van der Waals surface area contributed by atoms with Crippen molar-refractivity contribution in [2.75, 3.05) is 13.1 Å². The van der Waals surface area contributed by atoms with Gasteiger partial charge in [-0.1, -0.05) is 12.1 Å². The molecule has 128 valence electrons. The van der Waals surface area contributed by atoms with Crippen LogP contribution in [0.15, 0.2) is 29.1 Å². The summed E-state index contributed by atoms with van der Waals surface area (Å²) in [6.07, 6.45) is 1.55. The van der Waals surface area contributed by atoms with Gasteiger partial charge in [0.1, 0.15) is 6.54 Å². The van der Waals surface area contributed by atoms with Gasteiger partial charge in [-0.3, -0.25) is 18.7 Å². The molecule has 0 bridgehead atoms. The van der Waals surface area contributed by atoms with Crippen molar-refractivity contribution in [2.45, 2.75) is 25.8 Å². The molecule has 0 spiro atoms. The van der Waals surface area contributed by atoms with E-state index in [1.807, 2.05) is 24.3 Å². The Morgan fingerprint density at radius 1 is 1.17 bits per heavy atom. The second-order valence-corrected chi connectivity index (χ2v) is 6.34. The molecule has 1 saturated heterocycles. The maximum Gasteiger partial charge on any atom is 0.329 e. The van der Waals surface area contributed by atoms with Gasteiger partial charge >= 0.3 is 11.7 Å². The quantitative estimate of drug-likeness (QED) is 0.908. The summed E-state index contributed by atoms with van der Waals surface area (Å²) in [5.41, 5.74) is 1.35. The van der Waals surface area contributed by atoms with Gasteiger partial charge in [-0.2, -0.15) is 0 Å². The summed E-state index contributed by atoms with van der Waals surface area (Å²) in [5, 5.41) is 8.85. The van der Waals surface area contributed by atoms with Gasteiger partial charge in [-0.05, 0) is 30.9 Å². The van der Waals surface area contributed by atoms with Crippen LogP contribution < -0.4 is 5.69 Å². The number of rotatable bonds is 4. The summed E-state index contributed by atoms with van der Waals surface area (Å²) in [6.45, 7) is 1.12.